The molecule has 6 heteroatoms. The molecule has 0 bridgehead atoms. The minimum absolute atomic E-state index is 0.376. The van der Waals surface area contributed by atoms with Gasteiger partial charge in [-0.3, -0.25) is 0 Å². The normalized spacial score (nSPS) is 17.6. The summed E-state index contributed by atoms with van der Waals surface area (Å²) in [5.74, 6) is 2.39. The molecular weight excluding hydrogens is 328 g/mol. The summed E-state index contributed by atoms with van der Waals surface area (Å²) in [6.07, 6.45) is 2.84. The lowest BCUT2D eigenvalue weighted by Crippen LogP contribution is -2.53. The topological polar surface area (TPSA) is 54.6 Å². The van der Waals surface area contributed by atoms with E-state index >= 15 is 0 Å². The zero-order valence-electron chi connectivity index (χ0n) is 16.4. The molecule has 0 spiro atoms. The molecule has 3 rings (SSSR count). The van der Waals surface area contributed by atoms with Crippen LogP contribution in [0.15, 0.2) is 22.7 Å². The van der Waals surface area contributed by atoms with E-state index in [1.54, 1.807) is 0 Å². The van der Waals surface area contributed by atoms with Crippen molar-refractivity contribution >= 4 is 11.6 Å². The van der Waals surface area contributed by atoms with Crippen molar-refractivity contribution in [1.82, 2.24) is 10.1 Å². The molecule has 1 aliphatic heterocycles. The highest BCUT2D eigenvalue weighted by atomic mass is 16.5. The van der Waals surface area contributed by atoms with Crippen LogP contribution in [0, 0.1) is 6.92 Å². The summed E-state index contributed by atoms with van der Waals surface area (Å²) < 4.78 is 11.1. The van der Waals surface area contributed by atoms with Crippen molar-refractivity contribution in [3.63, 3.8) is 0 Å². The fourth-order valence-corrected chi connectivity index (χ4v) is 3.49. The molecule has 0 radical (unpaired) electrons. The molecule has 1 aliphatic rings. The quantitative estimate of drug-likeness (QED) is 0.750. The average molecular weight is 358 g/mol. The molecule has 1 atom stereocenters. The second kappa shape index (κ2) is 8.43. The van der Waals surface area contributed by atoms with E-state index in [1.807, 2.05) is 6.92 Å². The maximum atomic E-state index is 5.75. The number of aromatic nitrogens is 2. The molecule has 0 saturated carbocycles. The van der Waals surface area contributed by atoms with Crippen LogP contribution in [0.2, 0.25) is 0 Å². The standard InChI is InChI=1S/C20H30N4O2/c1-5-12-25-17-8-9-18(15(4)13-17)23-10-11-24(16(6-2)14-23)20-21-19(7-3)26-22-20/h8-9,13,16H,5-7,10-12,14H2,1-4H3/t16-/m0/s1. The van der Waals surface area contributed by atoms with Crippen molar-refractivity contribution in [2.75, 3.05) is 36.0 Å². The third-order valence-electron chi connectivity index (χ3n) is 4.95. The molecule has 1 fully saturated rings. The first kappa shape index (κ1) is 18.5. The highest BCUT2D eigenvalue weighted by Crippen LogP contribution is 2.29. The van der Waals surface area contributed by atoms with Gasteiger partial charge in [-0.25, -0.2) is 0 Å². The number of benzene rings is 1. The summed E-state index contributed by atoms with van der Waals surface area (Å²) >= 11 is 0. The van der Waals surface area contributed by atoms with E-state index in [1.165, 1.54) is 11.3 Å². The van der Waals surface area contributed by atoms with Crippen LogP contribution in [0.25, 0.3) is 0 Å². The maximum absolute atomic E-state index is 5.75. The molecule has 6 nitrogen and oxygen atoms in total. The van der Waals surface area contributed by atoms with Gasteiger partial charge in [0.1, 0.15) is 5.75 Å². The number of nitrogens with zero attached hydrogens (tertiary/aromatic N) is 4. The van der Waals surface area contributed by atoms with Gasteiger partial charge in [0.25, 0.3) is 5.95 Å². The van der Waals surface area contributed by atoms with E-state index in [9.17, 15) is 0 Å². The van der Waals surface area contributed by atoms with Crippen molar-refractivity contribution in [2.45, 2.75) is 53.0 Å². The number of aryl methyl sites for hydroxylation is 2. The molecule has 2 aromatic rings. The SMILES string of the molecule is CCCOc1ccc(N2CCN(c3noc(CC)n3)[C@@H](CC)C2)c(C)c1. The zero-order chi connectivity index (χ0) is 18.5. The summed E-state index contributed by atoms with van der Waals surface area (Å²) in [5, 5.41) is 4.17. The molecular formula is C20H30N4O2. The van der Waals surface area contributed by atoms with Gasteiger partial charge < -0.3 is 19.1 Å². The number of rotatable bonds is 7. The molecule has 26 heavy (non-hydrogen) atoms. The van der Waals surface area contributed by atoms with Crippen LogP contribution < -0.4 is 14.5 Å². The smallest absolute Gasteiger partial charge is 0.266 e. The summed E-state index contributed by atoms with van der Waals surface area (Å²) in [4.78, 5) is 9.27. The molecule has 1 saturated heterocycles. The Hall–Kier alpha value is -2.24. The van der Waals surface area contributed by atoms with Gasteiger partial charge >= 0.3 is 0 Å². The van der Waals surface area contributed by atoms with E-state index in [4.69, 9.17) is 9.26 Å². The van der Waals surface area contributed by atoms with Gasteiger partial charge in [0.15, 0.2) is 0 Å². The van der Waals surface area contributed by atoms with Crippen molar-refractivity contribution < 1.29 is 9.26 Å². The van der Waals surface area contributed by atoms with Gasteiger partial charge in [0.2, 0.25) is 5.89 Å². The number of hydrogen-bond donors (Lipinski definition) is 0. The van der Waals surface area contributed by atoms with Gasteiger partial charge in [-0.1, -0.05) is 20.8 Å². The third-order valence-corrected chi connectivity index (χ3v) is 4.95. The van der Waals surface area contributed by atoms with Gasteiger partial charge in [-0.2, -0.15) is 4.98 Å². The second-order valence-electron chi connectivity index (χ2n) is 6.84. The first-order chi connectivity index (χ1) is 12.7. The number of hydrogen-bond acceptors (Lipinski definition) is 6. The Morgan fingerprint density at radius 2 is 2.08 bits per heavy atom. The van der Waals surface area contributed by atoms with Crippen LogP contribution >= 0.6 is 0 Å². The number of ether oxygens (including phenoxy) is 1. The second-order valence-corrected chi connectivity index (χ2v) is 6.84. The summed E-state index contributed by atoms with van der Waals surface area (Å²) in [5.41, 5.74) is 2.55. The largest absolute Gasteiger partial charge is 0.494 e. The van der Waals surface area contributed by atoms with Crippen LogP contribution in [0.5, 0.6) is 5.75 Å². The van der Waals surface area contributed by atoms with E-state index in [2.05, 4.69) is 58.9 Å². The fraction of sp³-hybridized carbons (Fsp3) is 0.600. The molecule has 0 unspecified atom stereocenters. The molecule has 0 aliphatic carbocycles. The average Bonchev–Trinajstić information content (AvgIpc) is 3.15. The predicted molar refractivity (Wildman–Crippen MR) is 104 cm³/mol. The lowest BCUT2D eigenvalue weighted by molar-refractivity contribution is 0.317. The van der Waals surface area contributed by atoms with Gasteiger partial charge in [-0.15, -0.1) is 0 Å². The molecule has 142 valence electrons. The van der Waals surface area contributed by atoms with Gasteiger partial charge in [0, 0.05) is 37.8 Å². The fourth-order valence-electron chi connectivity index (χ4n) is 3.49. The van der Waals surface area contributed by atoms with Gasteiger partial charge in [0.05, 0.1) is 6.61 Å². The molecule has 2 heterocycles. The first-order valence-corrected chi connectivity index (χ1v) is 9.73. The monoisotopic (exact) mass is 358 g/mol. The van der Waals surface area contributed by atoms with Gasteiger partial charge in [-0.05, 0) is 48.7 Å². The third kappa shape index (κ3) is 3.94. The van der Waals surface area contributed by atoms with Crippen molar-refractivity contribution in [2.24, 2.45) is 0 Å². The van der Waals surface area contributed by atoms with Crippen LogP contribution in [0.4, 0.5) is 11.6 Å². The van der Waals surface area contributed by atoms with E-state index in [0.717, 1.165) is 57.2 Å². The van der Waals surface area contributed by atoms with E-state index in [0.29, 0.717) is 11.9 Å². The Kier molecular flexibility index (Phi) is 6.01. The Bertz CT molecular complexity index is 716. The Labute approximate surface area is 156 Å². The van der Waals surface area contributed by atoms with Crippen molar-refractivity contribution in [1.29, 1.82) is 0 Å². The summed E-state index contributed by atoms with van der Waals surface area (Å²) in [6, 6.07) is 6.79. The minimum Gasteiger partial charge on any atom is -0.494 e. The Balaban J connectivity index is 1.72. The number of piperazine rings is 1. The maximum Gasteiger partial charge on any atom is 0.266 e. The van der Waals surface area contributed by atoms with Crippen molar-refractivity contribution in [3.05, 3.63) is 29.7 Å². The number of anilines is 2. The minimum atomic E-state index is 0.376. The Morgan fingerprint density at radius 1 is 1.23 bits per heavy atom. The van der Waals surface area contributed by atoms with E-state index < -0.39 is 0 Å². The van der Waals surface area contributed by atoms with Crippen LogP contribution in [0.3, 0.4) is 0 Å². The summed E-state index contributed by atoms with van der Waals surface area (Å²) in [6.45, 7) is 12.1. The Morgan fingerprint density at radius 3 is 2.73 bits per heavy atom. The zero-order valence-corrected chi connectivity index (χ0v) is 16.4. The van der Waals surface area contributed by atoms with Crippen molar-refractivity contribution in [3.8, 4) is 5.75 Å². The molecule has 0 amide bonds. The lowest BCUT2D eigenvalue weighted by Gasteiger charge is -2.42. The first-order valence-electron chi connectivity index (χ1n) is 9.73. The highest BCUT2D eigenvalue weighted by Gasteiger charge is 2.29. The van der Waals surface area contributed by atoms with Crippen LogP contribution in [-0.4, -0.2) is 42.4 Å². The molecule has 1 aromatic carbocycles. The predicted octanol–water partition coefficient (Wildman–Crippen LogP) is 3.83. The molecule has 0 N–H and O–H groups in total. The highest BCUT2D eigenvalue weighted by molar-refractivity contribution is 5.57. The lowest BCUT2D eigenvalue weighted by atomic mass is 10.1. The van der Waals surface area contributed by atoms with Crippen LogP contribution in [0.1, 0.15) is 45.1 Å². The van der Waals surface area contributed by atoms with Crippen LogP contribution in [-0.2, 0) is 6.42 Å². The molecule has 1 aromatic heterocycles. The summed E-state index contributed by atoms with van der Waals surface area (Å²) in [7, 11) is 0. The van der Waals surface area contributed by atoms with E-state index in [-0.39, 0.29) is 0 Å².